The fourth-order valence-electron chi connectivity index (χ4n) is 8.39. The average molecular weight is 840 g/mol. The van der Waals surface area contributed by atoms with Crippen LogP contribution in [0.1, 0.15) is 137 Å². The van der Waals surface area contributed by atoms with Crippen molar-refractivity contribution >= 4 is 17.3 Å². The Bertz CT molecular complexity index is 1670. The van der Waals surface area contributed by atoms with Gasteiger partial charge in [0.1, 0.15) is 17.2 Å². The molecule has 0 amide bonds. The van der Waals surface area contributed by atoms with Crippen molar-refractivity contribution in [3.63, 3.8) is 0 Å². The summed E-state index contributed by atoms with van der Waals surface area (Å²) >= 11 is 0. The molecule has 3 aliphatic heterocycles. The first kappa shape index (κ1) is 49.6. The molecule has 2 atom stereocenters. The van der Waals surface area contributed by atoms with Gasteiger partial charge in [0.25, 0.3) is 0 Å². The van der Waals surface area contributed by atoms with Gasteiger partial charge >= 0.3 is 0 Å². The van der Waals surface area contributed by atoms with E-state index in [0.717, 1.165) is 110 Å². The van der Waals surface area contributed by atoms with Gasteiger partial charge in [-0.1, -0.05) is 34.1 Å². The average Bonchev–Trinajstić information content (AvgIpc) is 3.27. The minimum Gasteiger partial charge on any atom is -0.494 e. The Balaban J connectivity index is 0.000000202. The zero-order valence-electron chi connectivity index (χ0n) is 38.5. The van der Waals surface area contributed by atoms with Crippen LogP contribution in [0.15, 0.2) is 72.8 Å². The molecule has 9 heteroatoms. The van der Waals surface area contributed by atoms with Gasteiger partial charge in [-0.3, -0.25) is 14.4 Å². The Labute approximate surface area is 368 Å². The number of hydrogen-bond acceptors (Lipinski definition) is 9. The van der Waals surface area contributed by atoms with Crippen LogP contribution in [0.2, 0.25) is 0 Å². The molecule has 0 unspecified atom stereocenters. The summed E-state index contributed by atoms with van der Waals surface area (Å²) in [6.07, 6.45) is 11.8. The van der Waals surface area contributed by atoms with Crippen molar-refractivity contribution in [2.75, 3.05) is 78.7 Å². The molecule has 61 heavy (non-hydrogen) atoms. The number of hydrogen-bond donors (Lipinski definition) is 0. The molecule has 0 bridgehead atoms. The van der Waals surface area contributed by atoms with Gasteiger partial charge in [-0.05, 0) is 182 Å². The highest BCUT2D eigenvalue weighted by Crippen LogP contribution is 2.22. The predicted molar refractivity (Wildman–Crippen MR) is 249 cm³/mol. The van der Waals surface area contributed by atoms with Gasteiger partial charge in [-0.25, -0.2) is 0 Å². The van der Waals surface area contributed by atoms with Gasteiger partial charge in [0.05, 0.1) is 19.8 Å². The third kappa shape index (κ3) is 19.7. The van der Waals surface area contributed by atoms with Crippen molar-refractivity contribution in [2.24, 2.45) is 17.8 Å². The Morgan fingerprint density at radius 3 is 1.28 bits per heavy atom. The summed E-state index contributed by atoms with van der Waals surface area (Å²) in [4.78, 5) is 41.5. The number of ketones is 3. The first-order valence-corrected chi connectivity index (χ1v) is 23.4. The van der Waals surface area contributed by atoms with Gasteiger partial charge in [0.2, 0.25) is 0 Å². The molecule has 0 aliphatic carbocycles. The zero-order chi connectivity index (χ0) is 43.8. The summed E-state index contributed by atoms with van der Waals surface area (Å²) in [5, 5.41) is 0. The molecule has 3 aromatic carbocycles. The van der Waals surface area contributed by atoms with Crippen LogP contribution in [0.4, 0.5) is 0 Å². The lowest BCUT2D eigenvalue weighted by Gasteiger charge is -2.34. The Morgan fingerprint density at radius 2 is 0.885 bits per heavy atom. The van der Waals surface area contributed by atoms with Crippen LogP contribution in [0.5, 0.6) is 17.2 Å². The third-order valence-electron chi connectivity index (χ3n) is 12.0. The van der Waals surface area contributed by atoms with Gasteiger partial charge in [-0.2, -0.15) is 0 Å². The summed E-state index contributed by atoms with van der Waals surface area (Å²) < 4.78 is 17.2. The second-order valence-electron chi connectivity index (χ2n) is 17.7. The third-order valence-corrected chi connectivity index (χ3v) is 12.0. The number of piperidine rings is 3. The normalized spacial score (nSPS) is 18.8. The van der Waals surface area contributed by atoms with Crippen molar-refractivity contribution in [1.82, 2.24) is 14.7 Å². The maximum absolute atomic E-state index is 11.5. The SMILES string of the molecule is CC(=O)c1ccc(OCCCN2CCC(C)CC2)cc1.CC(=O)c1ccc(OCCCN2C[C@H](C)C[C@H](C)C2)cc1.CCC(=O)c1ccc(OCCCN2CCCCC2)cc1. The molecule has 0 spiro atoms. The van der Waals surface area contributed by atoms with E-state index in [0.29, 0.717) is 6.42 Å². The number of likely N-dealkylation sites (tertiary alicyclic amines) is 3. The van der Waals surface area contributed by atoms with E-state index in [1.54, 1.807) is 13.8 Å². The molecule has 0 aromatic heterocycles. The fraction of sp³-hybridized carbons (Fsp3) is 0.596. The van der Waals surface area contributed by atoms with Crippen LogP contribution >= 0.6 is 0 Å². The molecule has 0 radical (unpaired) electrons. The molecule has 0 N–H and O–H groups in total. The number of Topliss-reactive ketones (excluding diaryl/α,β-unsaturated/α-hetero) is 3. The monoisotopic (exact) mass is 840 g/mol. The van der Waals surface area contributed by atoms with Crippen molar-refractivity contribution in [3.05, 3.63) is 89.5 Å². The Kier molecular flexibility index (Phi) is 22.6. The van der Waals surface area contributed by atoms with E-state index in [2.05, 4.69) is 35.5 Å². The van der Waals surface area contributed by atoms with Crippen LogP contribution in [0.25, 0.3) is 0 Å². The highest BCUT2D eigenvalue weighted by atomic mass is 16.5. The first-order valence-electron chi connectivity index (χ1n) is 23.4. The molecular weight excluding hydrogens is 763 g/mol. The minimum absolute atomic E-state index is 0.0925. The molecule has 0 saturated carbocycles. The lowest BCUT2D eigenvalue weighted by atomic mass is 9.92. The molecule has 3 aromatic rings. The molecule has 3 saturated heterocycles. The van der Waals surface area contributed by atoms with E-state index in [1.165, 1.54) is 77.8 Å². The largest absolute Gasteiger partial charge is 0.494 e. The maximum Gasteiger partial charge on any atom is 0.162 e. The second kappa shape index (κ2) is 27.8. The number of carbonyl (C=O) groups excluding carboxylic acids is 3. The number of ether oxygens (including phenoxy) is 3. The van der Waals surface area contributed by atoms with E-state index in [9.17, 15) is 14.4 Å². The van der Waals surface area contributed by atoms with Crippen LogP contribution in [-0.4, -0.2) is 111 Å². The quantitative estimate of drug-likeness (QED) is 0.0865. The molecular formula is C52H77N3O6. The molecule has 336 valence electrons. The van der Waals surface area contributed by atoms with E-state index in [1.807, 2.05) is 79.7 Å². The van der Waals surface area contributed by atoms with Gasteiger partial charge in [-0.15, -0.1) is 0 Å². The van der Waals surface area contributed by atoms with Crippen LogP contribution in [0, 0.1) is 17.8 Å². The Hall–Kier alpha value is -4.05. The predicted octanol–water partition coefficient (Wildman–Crippen LogP) is 10.6. The first-order chi connectivity index (χ1) is 29.5. The number of benzene rings is 3. The van der Waals surface area contributed by atoms with E-state index in [-0.39, 0.29) is 17.3 Å². The molecule has 3 heterocycles. The lowest BCUT2D eigenvalue weighted by Crippen LogP contribution is -2.39. The summed E-state index contributed by atoms with van der Waals surface area (Å²) in [6, 6.07) is 22.3. The summed E-state index contributed by atoms with van der Waals surface area (Å²) in [7, 11) is 0. The fourth-order valence-corrected chi connectivity index (χ4v) is 8.39. The Morgan fingerprint density at radius 1 is 0.508 bits per heavy atom. The van der Waals surface area contributed by atoms with E-state index in [4.69, 9.17) is 14.2 Å². The summed E-state index contributed by atoms with van der Waals surface area (Å²) in [5.41, 5.74) is 2.24. The summed E-state index contributed by atoms with van der Waals surface area (Å²) in [6.45, 7) is 25.0. The van der Waals surface area contributed by atoms with Crippen LogP contribution in [0.3, 0.4) is 0 Å². The minimum atomic E-state index is 0.0925. The van der Waals surface area contributed by atoms with Crippen molar-refractivity contribution in [1.29, 1.82) is 0 Å². The summed E-state index contributed by atoms with van der Waals surface area (Å²) in [5.74, 6) is 5.44. The molecule has 3 aliphatic rings. The topological polar surface area (TPSA) is 88.6 Å². The van der Waals surface area contributed by atoms with E-state index < -0.39 is 0 Å². The van der Waals surface area contributed by atoms with Gasteiger partial charge in [0, 0.05) is 55.8 Å². The molecule has 9 nitrogen and oxygen atoms in total. The molecule has 6 rings (SSSR count). The van der Waals surface area contributed by atoms with Crippen molar-refractivity contribution in [2.45, 2.75) is 106 Å². The zero-order valence-corrected chi connectivity index (χ0v) is 38.5. The maximum atomic E-state index is 11.5. The highest BCUT2D eigenvalue weighted by Gasteiger charge is 2.21. The van der Waals surface area contributed by atoms with Crippen molar-refractivity contribution < 1.29 is 28.6 Å². The van der Waals surface area contributed by atoms with Gasteiger partial charge < -0.3 is 28.9 Å². The van der Waals surface area contributed by atoms with Gasteiger partial charge in [0.15, 0.2) is 17.3 Å². The highest BCUT2D eigenvalue weighted by molar-refractivity contribution is 5.96. The number of carbonyl (C=O) groups is 3. The standard InChI is InChI=1S/C18H27NO2.2C17H25NO2/c1-14-11-15(2)13-19(12-14)9-4-10-21-18-7-5-17(6-8-18)16(3)20;1-14-8-11-18(12-9-14)10-3-13-20-17-6-4-16(5-7-17)15(2)19;1-2-17(19)15-7-9-16(10-8-15)20-14-6-13-18-11-4-3-5-12-18/h5-8,14-15H,4,9-13H2,1-3H3;4-7,14H,3,8-13H2,1-2H3;7-10H,2-6,11-14H2,1H3/t14-,15+;;. The van der Waals surface area contributed by atoms with Crippen molar-refractivity contribution in [3.8, 4) is 17.2 Å². The van der Waals surface area contributed by atoms with Crippen LogP contribution in [-0.2, 0) is 0 Å². The lowest BCUT2D eigenvalue weighted by molar-refractivity contribution is 0.0984. The smallest absolute Gasteiger partial charge is 0.162 e. The number of nitrogens with zero attached hydrogens (tertiary/aromatic N) is 3. The van der Waals surface area contributed by atoms with Crippen LogP contribution < -0.4 is 14.2 Å². The van der Waals surface area contributed by atoms with E-state index >= 15 is 0 Å². The molecule has 3 fully saturated rings. The second-order valence-corrected chi connectivity index (χ2v) is 17.7. The number of rotatable bonds is 19.